The molecule has 0 N–H and O–H groups in total. The third kappa shape index (κ3) is 2.88. The highest BCUT2D eigenvalue weighted by molar-refractivity contribution is 6.02. The summed E-state index contributed by atoms with van der Waals surface area (Å²) in [5.74, 6) is -0.259. The highest BCUT2D eigenvalue weighted by Gasteiger charge is 2.17. The Morgan fingerprint density at radius 1 is 1.26 bits per heavy atom. The van der Waals surface area contributed by atoms with Crippen molar-refractivity contribution in [1.82, 2.24) is 9.78 Å². The molecule has 0 aliphatic carbocycles. The Labute approximate surface area is 132 Å². The van der Waals surface area contributed by atoms with E-state index in [4.69, 9.17) is 9.47 Å². The van der Waals surface area contributed by atoms with Crippen LogP contribution < -0.4 is 4.74 Å². The molecule has 0 atom stereocenters. The number of hydrogen-bond donors (Lipinski definition) is 0. The van der Waals surface area contributed by atoms with Crippen molar-refractivity contribution in [3.63, 3.8) is 0 Å². The second kappa shape index (κ2) is 6.08. The number of halogens is 1. The number of ether oxygens (including phenoxy) is 2. The van der Waals surface area contributed by atoms with Gasteiger partial charge in [0.25, 0.3) is 0 Å². The van der Waals surface area contributed by atoms with Crippen molar-refractivity contribution in [3.05, 3.63) is 59.5 Å². The fourth-order valence-electron chi connectivity index (χ4n) is 2.38. The van der Waals surface area contributed by atoms with Crippen molar-refractivity contribution in [2.75, 3.05) is 7.11 Å². The van der Waals surface area contributed by atoms with Crippen LogP contribution in [0.25, 0.3) is 10.9 Å². The number of aromatic nitrogens is 2. The SMILES string of the molecule is COC(=O)c1c2cc(OCc3ccccc3F)ccc2nn1C. The van der Waals surface area contributed by atoms with Gasteiger partial charge in [-0.05, 0) is 24.3 Å². The molecule has 6 heteroatoms. The number of carbonyl (C=O) groups is 1. The van der Waals surface area contributed by atoms with Gasteiger partial charge in [-0.1, -0.05) is 18.2 Å². The van der Waals surface area contributed by atoms with Crippen LogP contribution in [0.15, 0.2) is 42.5 Å². The van der Waals surface area contributed by atoms with Gasteiger partial charge in [0.1, 0.15) is 18.2 Å². The maximum Gasteiger partial charge on any atom is 0.356 e. The number of aryl methyl sites for hydroxylation is 1. The Balaban J connectivity index is 1.90. The average molecular weight is 314 g/mol. The number of methoxy groups -OCH3 is 1. The smallest absolute Gasteiger partial charge is 0.356 e. The number of rotatable bonds is 4. The fourth-order valence-corrected chi connectivity index (χ4v) is 2.38. The summed E-state index contributed by atoms with van der Waals surface area (Å²) >= 11 is 0. The zero-order valence-electron chi connectivity index (χ0n) is 12.7. The molecule has 5 nitrogen and oxygen atoms in total. The number of fused-ring (bicyclic) bond motifs is 1. The second-order valence-corrected chi connectivity index (χ2v) is 5.02. The number of benzene rings is 2. The third-order valence-corrected chi connectivity index (χ3v) is 3.54. The van der Waals surface area contributed by atoms with E-state index in [1.165, 1.54) is 17.9 Å². The van der Waals surface area contributed by atoms with Crippen molar-refractivity contribution >= 4 is 16.9 Å². The zero-order valence-corrected chi connectivity index (χ0v) is 12.7. The molecule has 23 heavy (non-hydrogen) atoms. The van der Waals surface area contributed by atoms with Crippen LogP contribution in [-0.2, 0) is 18.4 Å². The molecule has 1 heterocycles. The zero-order chi connectivity index (χ0) is 16.4. The van der Waals surface area contributed by atoms with Crippen LogP contribution in [0, 0.1) is 5.82 Å². The molecule has 0 bridgehead atoms. The normalized spacial score (nSPS) is 10.7. The summed E-state index contributed by atoms with van der Waals surface area (Å²) in [5, 5.41) is 4.89. The first-order valence-corrected chi connectivity index (χ1v) is 7.01. The molecule has 0 saturated heterocycles. The molecule has 3 rings (SSSR count). The maximum atomic E-state index is 13.6. The minimum Gasteiger partial charge on any atom is -0.489 e. The van der Waals surface area contributed by atoms with E-state index < -0.39 is 5.97 Å². The summed E-state index contributed by atoms with van der Waals surface area (Å²) in [7, 11) is 2.99. The van der Waals surface area contributed by atoms with Gasteiger partial charge < -0.3 is 9.47 Å². The van der Waals surface area contributed by atoms with Crippen LogP contribution in [0.4, 0.5) is 4.39 Å². The molecule has 0 fully saturated rings. The molecule has 2 aromatic carbocycles. The van der Waals surface area contributed by atoms with E-state index in [-0.39, 0.29) is 12.4 Å². The van der Waals surface area contributed by atoms with Crippen LogP contribution in [0.3, 0.4) is 0 Å². The number of hydrogen-bond acceptors (Lipinski definition) is 4. The molecule has 0 aliphatic heterocycles. The monoisotopic (exact) mass is 314 g/mol. The van der Waals surface area contributed by atoms with Gasteiger partial charge in [-0.25, -0.2) is 9.18 Å². The first kappa shape index (κ1) is 15.0. The summed E-state index contributed by atoms with van der Waals surface area (Å²) in [6.45, 7) is 0.103. The minimum absolute atomic E-state index is 0.103. The van der Waals surface area contributed by atoms with Crippen LogP contribution >= 0.6 is 0 Å². The van der Waals surface area contributed by atoms with Gasteiger partial charge in [0.05, 0.1) is 12.6 Å². The van der Waals surface area contributed by atoms with Crippen molar-refractivity contribution in [3.8, 4) is 5.75 Å². The summed E-state index contributed by atoms with van der Waals surface area (Å²) < 4.78 is 25.5. The fraction of sp³-hybridized carbons (Fsp3) is 0.176. The predicted molar refractivity (Wildman–Crippen MR) is 82.8 cm³/mol. The lowest BCUT2D eigenvalue weighted by Gasteiger charge is -2.07. The van der Waals surface area contributed by atoms with Crippen LogP contribution in [0.5, 0.6) is 5.75 Å². The lowest BCUT2D eigenvalue weighted by molar-refractivity contribution is 0.0590. The van der Waals surface area contributed by atoms with E-state index >= 15 is 0 Å². The third-order valence-electron chi connectivity index (χ3n) is 3.54. The highest BCUT2D eigenvalue weighted by atomic mass is 19.1. The average Bonchev–Trinajstić information content (AvgIpc) is 2.88. The number of carbonyl (C=O) groups excluding carboxylic acids is 1. The predicted octanol–water partition coefficient (Wildman–Crippen LogP) is 3.08. The number of esters is 1. The molecule has 0 spiro atoms. The summed E-state index contributed by atoms with van der Waals surface area (Å²) in [4.78, 5) is 11.9. The molecule has 0 saturated carbocycles. The second-order valence-electron chi connectivity index (χ2n) is 5.02. The van der Waals surface area contributed by atoms with E-state index in [2.05, 4.69) is 5.10 Å². The first-order chi connectivity index (χ1) is 11.1. The summed E-state index contributed by atoms with van der Waals surface area (Å²) in [6.07, 6.45) is 0. The molecule has 3 aromatic rings. The van der Waals surface area contributed by atoms with Gasteiger partial charge in [-0.2, -0.15) is 5.10 Å². The number of nitrogens with zero attached hydrogens (tertiary/aromatic N) is 2. The molecular weight excluding hydrogens is 299 g/mol. The summed E-state index contributed by atoms with van der Waals surface area (Å²) in [5.41, 5.74) is 1.47. The standard InChI is InChI=1S/C17H15FN2O3/c1-20-16(17(21)22-2)13-9-12(7-8-15(13)19-20)23-10-11-5-3-4-6-14(11)18/h3-9H,10H2,1-2H3. The lowest BCUT2D eigenvalue weighted by atomic mass is 10.2. The van der Waals surface area contributed by atoms with Gasteiger partial charge in [0.15, 0.2) is 5.69 Å². The van der Waals surface area contributed by atoms with Crippen LogP contribution in [0.1, 0.15) is 16.1 Å². The molecule has 0 amide bonds. The van der Waals surface area contributed by atoms with Crippen molar-refractivity contribution in [1.29, 1.82) is 0 Å². The van der Waals surface area contributed by atoms with Gasteiger partial charge in [-0.15, -0.1) is 0 Å². The minimum atomic E-state index is -0.471. The Bertz CT molecular complexity index is 873. The van der Waals surface area contributed by atoms with E-state index in [0.29, 0.717) is 27.9 Å². The van der Waals surface area contributed by atoms with Crippen LogP contribution in [-0.4, -0.2) is 22.9 Å². The Kier molecular flexibility index (Phi) is 3.97. The van der Waals surface area contributed by atoms with Crippen LogP contribution in [0.2, 0.25) is 0 Å². The largest absolute Gasteiger partial charge is 0.489 e. The summed E-state index contributed by atoms with van der Waals surface area (Å²) in [6, 6.07) is 11.6. The molecule has 0 aliphatic rings. The Morgan fingerprint density at radius 2 is 2.04 bits per heavy atom. The van der Waals surface area contributed by atoms with Gasteiger partial charge in [-0.3, -0.25) is 4.68 Å². The molecular formula is C17H15FN2O3. The lowest BCUT2D eigenvalue weighted by Crippen LogP contribution is -2.08. The molecule has 118 valence electrons. The Morgan fingerprint density at radius 3 is 2.78 bits per heavy atom. The van der Waals surface area contributed by atoms with Crippen molar-refractivity contribution < 1.29 is 18.7 Å². The van der Waals surface area contributed by atoms with Crippen molar-refractivity contribution in [2.24, 2.45) is 7.05 Å². The van der Waals surface area contributed by atoms with E-state index in [1.54, 1.807) is 43.4 Å². The first-order valence-electron chi connectivity index (χ1n) is 7.01. The van der Waals surface area contributed by atoms with Gasteiger partial charge >= 0.3 is 5.97 Å². The van der Waals surface area contributed by atoms with E-state index in [9.17, 15) is 9.18 Å². The quantitative estimate of drug-likeness (QED) is 0.695. The van der Waals surface area contributed by atoms with Gasteiger partial charge in [0.2, 0.25) is 0 Å². The maximum absolute atomic E-state index is 13.6. The molecule has 0 radical (unpaired) electrons. The van der Waals surface area contributed by atoms with E-state index in [1.807, 2.05) is 0 Å². The van der Waals surface area contributed by atoms with Crippen molar-refractivity contribution in [2.45, 2.75) is 6.61 Å². The topological polar surface area (TPSA) is 53.4 Å². The van der Waals surface area contributed by atoms with Gasteiger partial charge in [0, 0.05) is 18.0 Å². The Hall–Kier alpha value is -2.89. The molecule has 0 unspecified atom stereocenters. The van der Waals surface area contributed by atoms with E-state index in [0.717, 1.165) is 0 Å². The highest BCUT2D eigenvalue weighted by Crippen LogP contribution is 2.25. The molecule has 1 aromatic heterocycles.